The molecule has 3 rings (SSSR count). The van der Waals surface area contributed by atoms with Crippen LogP contribution in [-0.2, 0) is 29.0 Å². The molecule has 1 aliphatic rings. The molecule has 0 saturated carbocycles. The van der Waals surface area contributed by atoms with Gasteiger partial charge in [0.2, 0.25) is 5.91 Å². The van der Waals surface area contributed by atoms with Gasteiger partial charge in [0.1, 0.15) is 6.04 Å². The first-order chi connectivity index (χ1) is 11.0. The molecular weight excluding hydrogens is 334 g/mol. The number of hydrogen-bond acceptors (Lipinski definition) is 3. The summed E-state index contributed by atoms with van der Waals surface area (Å²) >= 11 is 7.34. The Balaban J connectivity index is 1.73. The number of hydrogen-bond donors (Lipinski definition) is 1. The van der Waals surface area contributed by atoms with Crippen LogP contribution in [0.25, 0.3) is 0 Å². The minimum absolute atomic E-state index is 0.128. The van der Waals surface area contributed by atoms with Crippen molar-refractivity contribution in [2.75, 3.05) is 0 Å². The molecule has 4 nitrogen and oxygen atoms in total. The van der Waals surface area contributed by atoms with Crippen molar-refractivity contribution in [1.29, 1.82) is 0 Å². The molecule has 1 aromatic heterocycles. The van der Waals surface area contributed by atoms with E-state index in [2.05, 4.69) is 0 Å². The number of amides is 1. The highest BCUT2D eigenvalue weighted by atomic mass is 35.5. The van der Waals surface area contributed by atoms with E-state index in [9.17, 15) is 14.7 Å². The number of rotatable bonds is 4. The molecule has 6 heteroatoms. The van der Waals surface area contributed by atoms with Crippen LogP contribution in [0.15, 0.2) is 36.4 Å². The molecule has 0 bridgehead atoms. The molecule has 2 aromatic rings. The predicted molar refractivity (Wildman–Crippen MR) is 89.8 cm³/mol. The van der Waals surface area contributed by atoms with Crippen molar-refractivity contribution in [3.05, 3.63) is 56.7 Å². The van der Waals surface area contributed by atoms with E-state index in [4.69, 9.17) is 11.6 Å². The summed E-state index contributed by atoms with van der Waals surface area (Å²) in [5, 5.41) is 9.46. The van der Waals surface area contributed by atoms with Crippen LogP contribution >= 0.6 is 22.9 Å². The number of carbonyl (C=O) groups is 2. The molecule has 1 unspecified atom stereocenters. The van der Waals surface area contributed by atoms with Gasteiger partial charge in [-0.15, -0.1) is 11.3 Å². The predicted octanol–water partition coefficient (Wildman–Crippen LogP) is 3.37. The monoisotopic (exact) mass is 349 g/mol. The van der Waals surface area contributed by atoms with Crippen LogP contribution in [0.1, 0.15) is 22.4 Å². The number of fused-ring (bicyclic) bond motifs is 1. The lowest BCUT2D eigenvalue weighted by Crippen LogP contribution is -2.48. The number of halogens is 1. The van der Waals surface area contributed by atoms with Crippen molar-refractivity contribution in [2.24, 2.45) is 0 Å². The average Bonchev–Trinajstić information content (AvgIpc) is 2.96. The second-order valence-corrected chi connectivity index (χ2v) is 7.35. The fourth-order valence-electron chi connectivity index (χ4n) is 2.87. The van der Waals surface area contributed by atoms with E-state index in [0.717, 1.165) is 16.0 Å². The molecule has 1 N–H and O–H groups in total. The largest absolute Gasteiger partial charge is 0.480 e. The SMILES string of the molecule is O=C(O)C1Cc2ccccc2CN1C(=O)CCc1ccc(Cl)s1. The maximum absolute atomic E-state index is 12.5. The van der Waals surface area contributed by atoms with Crippen molar-refractivity contribution in [3.63, 3.8) is 0 Å². The fraction of sp³-hybridized carbons (Fsp3) is 0.294. The molecule has 0 saturated heterocycles. The zero-order valence-electron chi connectivity index (χ0n) is 12.4. The summed E-state index contributed by atoms with van der Waals surface area (Å²) in [5.41, 5.74) is 2.03. The Hall–Kier alpha value is -1.85. The highest BCUT2D eigenvalue weighted by Gasteiger charge is 2.34. The van der Waals surface area contributed by atoms with Crippen molar-refractivity contribution in [1.82, 2.24) is 4.90 Å². The highest BCUT2D eigenvalue weighted by Crippen LogP contribution is 2.26. The van der Waals surface area contributed by atoms with Crippen molar-refractivity contribution < 1.29 is 14.7 Å². The summed E-state index contributed by atoms with van der Waals surface area (Å²) in [6, 6.07) is 10.6. The maximum Gasteiger partial charge on any atom is 0.326 e. The first-order valence-corrected chi connectivity index (χ1v) is 8.57. The van der Waals surface area contributed by atoms with E-state index >= 15 is 0 Å². The molecule has 0 spiro atoms. The molecular formula is C17H16ClNO3S. The Bertz CT molecular complexity index is 743. The second-order valence-electron chi connectivity index (χ2n) is 5.55. The van der Waals surface area contributed by atoms with Gasteiger partial charge in [-0.1, -0.05) is 35.9 Å². The molecule has 0 radical (unpaired) electrons. The van der Waals surface area contributed by atoms with E-state index in [1.165, 1.54) is 16.2 Å². The van der Waals surface area contributed by atoms with E-state index in [1.807, 2.05) is 36.4 Å². The second kappa shape index (κ2) is 6.72. The first kappa shape index (κ1) is 16.0. The standard InChI is InChI=1S/C17H16ClNO3S/c18-15-7-5-13(23-15)6-8-16(20)19-10-12-4-2-1-3-11(12)9-14(19)17(21)22/h1-5,7,14H,6,8-10H2,(H,21,22). The van der Waals surface area contributed by atoms with Crippen LogP contribution in [0.5, 0.6) is 0 Å². The normalized spacial score (nSPS) is 16.9. The summed E-state index contributed by atoms with van der Waals surface area (Å²) < 4.78 is 0.697. The molecule has 23 heavy (non-hydrogen) atoms. The first-order valence-electron chi connectivity index (χ1n) is 7.38. The van der Waals surface area contributed by atoms with Crippen LogP contribution < -0.4 is 0 Å². The number of carboxylic acids is 1. The lowest BCUT2D eigenvalue weighted by atomic mass is 9.93. The smallest absolute Gasteiger partial charge is 0.326 e. The van der Waals surface area contributed by atoms with Crippen LogP contribution in [0.2, 0.25) is 4.34 Å². The minimum atomic E-state index is -0.952. The maximum atomic E-state index is 12.5. The quantitative estimate of drug-likeness (QED) is 0.920. The van der Waals surface area contributed by atoms with Gasteiger partial charge in [-0.3, -0.25) is 4.79 Å². The van der Waals surface area contributed by atoms with Crippen molar-refractivity contribution in [3.8, 4) is 0 Å². The molecule has 0 fully saturated rings. The Morgan fingerprint density at radius 1 is 1.22 bits per heavy atom. The van der Waals surface area contributed by atoms with Gasteiger partial charge < -0.3 is 10.0 Å². The van der Waals surface area contributed by atoms with Crippen LogP contribution in [-0.4, -0.2) is 27.9 Å². The van der Waals surface area contributed by atoms with Crippen molar-refractivity contribution in [2.45, 2.75) is 31.8 Å². The molecule has 0 aliphatic carbocycles. The average molecular weight is 350 g/mol. The van der Waals surface area contributed by atoms with E-state index < -0.39 is 12.0 Å². The Labute approximate surface area is 143 Å². The van der Waals surface area contributed by atoms with Crippen LogP contribution in [0, 0.1) is 0 Å². The molecule has 1 atom stereocenters. The number of nitrogens with zero attached hydrogens (tertiary/aromatic N) is 1. The zero-order chi connectivity index (χ0) is 16.4. The van der Waals surface area contributed by atoms with Crippen LogP contribution in [0.3, 0.4) is 0 Å². The lowest BCUT2D eigenvalue weighted by molar-refractivity contribution is -0.151. The highest BCUT2D eigenvalue weighted by molar-refractivity contribution is 7.16. The summed E-state index contributed by atoms with van der Waals surface area (Å²) in [6.07, 6.45) is 1.24. The number of aryl methyl sites for hydroxylation is 1. The zero-order valence-corrected chi connectivity index (χ0v) is 13.9. The molecule has 2 heterocycles. The third kappa shape index (κ3) is 3.57. The van der Waals surface area contributed by atoms with Gasteiger partial charge in [-0.2, -0.15) is 0 Å². The van der Waals surface area contributed by atoms with Gasteiger partial charge in [-0.25, -0.2) is 4.79 Å². The number of carboxylic acid groups (broad SMARTS) is 1. The van der Waals surface area contributed by atoms with Gasteiger partial charge in [0, 0.05) is 24.3 Å². The lowest BCUT2D eigenvalue weighted by Gasteiger charge is -2.34. The van der Waals surface area contributed by atoms with Crippen LogP contribution in [0.4, 0.5) is 0 Å². The minimum Gasteiger partial charge on any atom is -0.480 e. The Kier molecular flexibility index (Phi) is 4.68. The number of carbonyl (C=O) groups excluding carboxylic acids is 1. The van der Waals surface area contributed by atoms with Gasteiger partial charge in [-0.05, 0) is 29.7 Å². The topological polar surface area (TPSA) is 57.6 Å². The summed E-state index contributed by atoms with van der Waals surface area (Å²) in [7, 11) is 0. The van der Waals surface area contributed by atoms with Gasteiger partial charge in [0.05, 0.1) is 4.34 Å². The summed E-state index contributed by atoms with van der Waals surface area (Å²) in [5.74, 6) is -1.08. The third-order valence-corrected chi connectivity index (χ3v) is 5.36. The van der Waals surface area contributed by atoms with E-state index in [0.29, 0.717) is 30.1 Å². The number of benzene rings is 1. The number of thiophene rings is 1. The van der Waals surface area contributed by atoms with Gasteiger partial charge in [0.25, 0.3) is 0 Å². The van der Waals surface area contributed by atoms with Gasteiger partial charge >= 0.3 is 5.97 Å². The number of aliphatic carboxylic acids is 1. The molecule has 1 aliphatic heterocycles. The van der Waals surface area contributed by atoms with E-state index in [-0.39, 0.29) is 5.91 Å². The summed E-state index contributed by atoms with van der Waals surface area (Å²) in [4.78, 5) is 26.6. The Morgan fingerprint density at radius 2 is 1.96 bits per heavy atom. The van der Waals surface area contributed by atoms with Crippen molar-refractivity contribution >= 4 is 34.8 Å². The fourth-order valence-corrected chi connectivity index (χ4v) is 3.95. The molecule has 120 valence electrons. The summed E-state index contributed by atoms with van der Waals surface area (Å²) in [6.45, 7) is 0.358. The molecule has 1 aromatic carbocycles. The van der Waals surface area contributed by atoms with Gasteiger partial charge in [0.15, 0.2) is 0 Å². The third-order valence-electron chi connectivity index (χ3n) is 4.07. The molecule has 1 amide bonds. The Morgan fingerprint density at radius 3 is 2.61 bits per heavy atom. The van der Waals surface area contributed by atoms with E-state index in [1.54, 1.807) is 0 Å².